The van der Waals surface area contributed by atoms with E-state index in [0.717, 1.165) is 4.88 Å². The zero-order chi connectivity index (χ0) is 13.4. The molecule has 0 unspecified atom stereocenters. The molecule has 0 fully saturated rings. The van der Waals surface area contributed by atoms with Gasteiger partial charge in [0.2, 0.25) is 0 Å². The average molecular weight is 273 g/mol. The number of aromatic nitrogens is 3. The Morgan fingerprint density at radius 1 is 1.53 bits per heavy atom. The summed E-state index contributed by atoms with van der Waals surface area (Å²) in [6.45, 7) is 2.39. The molecule has 96 valence electrons. The van der Waals surface area contributed by atoms with Crippen LogP contribution in [0.2, 0.25) is 0 Å². The number of carbonyl (C=O) groups is 1. The van der Waals surface area contributed by atoms with Gasteiger partial charge < -0.3 is 5.11 Å². The van der Waals surface area contributed by atoms with Gasteiger partial charge in [-0.1, -0.05) is 6.07 Å². The first-order chi connectivity index (χ1) is 9.15. The summed E-state index contributed by atoms with van der Waals surface area (Å²) in [5.41, 5.74) is 1.54. The fraction of sp³-hybridized carbons (Fsp3) is 0.154. The molecule has 0 aliphatic heterocycles. The number of rotatable bonds is 3. The number of aryl methyl sites for hydroxylation is 1. The maximum atomic E-state index is 11.2. The van der Waals surface area contributed by atoms with E-state index in [4.69, 9.17) is 0 Å². The Morgan fingerprint density at radius 2 is 2.37 bits per heavy atom. The van der Waals surface area contributed by atoms with E-state index in [9.17, 15) is 9.90 Å². The van der Waals surface area contributed by atoms with E-state index >= 15 is 0 Å². The number of nitrogens with zero attached hydrogens (tertiary/aromatic N) is 3. The van der Waals surface area contributed by atoms with E-state index in [2.05, 4.69) is 10.1 Å². The van der Waals surface area contributed by atoms with Crippen LogP contribution in [-0.4, -0.2) is 25.8 Å². The lowest BCUT2D eigenvalue weighted by molar-refractivity contribution is 0.0699. The molecule has 6 heteroatoms. The molecule has 0 aromatic carbocycles. The van der Waals surface area contributed by atoms with E-state index in [0.29, 0.717) is 23.3 Å². The minimum absolute atomic E-state index is 0.250. The second kappa shape index (κ2) is 4.47. The third-order valence-electron chi connectivity index (χ3n) is 2.85. The Hall–Kier alpha value is -2.21. The monoisotopic (exact) mass is 273 g/mol. The van der Waals surface area contributed by atoms with Crippen LogP contribution in [-0.2, 0) is 6.54 Å². The van der Waals surface area contributed by atoms with Crippen molar-refractivity contribution >= 4 is 28.3 Å². The second-order valence-electron chi connectivity index (χ2n) is 4.24. The van der Waals surface area contributed by atoms with Crippen LogP contribution < -0.4 is 0 Å². The highest BCUT2D eigenvalue weighted by Gasteiger charge is 2.14. The van der Waals surface area contributed by atoms with Crippen molar-refractivity contribution in [1.82, 2.24) is 14.8 Å². The fourth-order valence-electron chi connectivity index (χ4n) is 2.02. The third kappa shape index (κ3) is 2.10. The Bertz CT molecular complexity index is 747. The van der Waals surface area contributed by atoms with Gasteiger partial charge in [0.1, 0.15) is 0 Å². The molecule has 3 aromatic rings. The summed E-state index contributed by atoms with van der Waals surface area (Å²) < 4.78 is 1.74. The highest BCUT2D eigenvalue weighted by Crippen LogP contribution is 2.20. The van der Waals surface area contributed by atoms with E-state index in [1.807, 2.05) is 17.5 Å². The maximum absolute atomic E-state index is 11.2. The van der Waals surface area contributed by atoms with Crippen LogP contribution in [0, 0.1) is 6.92 Å². The lowest BCUT2D eigenvalue weighted by Crippen LogP contribution is -2.04. The Morgan fingerprint density at radius 3 is 3.05 bits per heavy atom. The van der Waals surface area contributed by atoms with Crippen molar-refractivity contribution in [1.29, 1.82) is 0 Å². The largest absolute Gasteiger partial charge is 0.478 e. The van der Waals surface area contributed by atoms with Gasteiger partial charge in [0.25, 0.3) is 0 Å². The smallest absolute Gasteiger partial charge is 0.336 e. The molecule has 3 rings (SSSR count). The van der Waals surface area contributed by atoms with Gasteiger partial charge in [-0.25, -0.2) is 14.5 Å². The van der Waals surface area contributed by atoms with Crippen LogP contribution in [0.5, 0.6) is 0 Å². The summed E-state index contributed by atoms with van der Waals surface area (Å²) in [6, 6.07) is 5.57. The molecular formula is C13H11N3O2S. The van der Waals surface area contributed by atoms with Crippen molar-refractivity contribution in [2.45, 2.75) is 13.5 Å². The van der Waals surface area contributed by atoms with Crippen LogP contribution in [0.25, 0.3) is 11.0 Å². The van der Waals surface area contributed by atoms with Gasteiger partial charge in [0, 0.05) is 10.6 Å². The van der Waals surface area contributed by atoms with Gasteiger partial charge in [0.15, 0.2) is 5.65 Å². The normalized spacial score (nSPS) is 11.0. The molecule has 3 heterocycles. The minimum Gasteiger partial charge on any atom is -0.478 e. The Kier molecular flexibility index (Phi) is 2.79. The molecule has 0 aliphatic rings. The van der Waals surface area contributed by atoms with Gasteiger partial charge in [-0.2, -0.15) is 5.10 Å². The number of thiophene rings is 1. The summed E-state index contributed by atoms with van der Waals surface area (Å²) in [5, 5.41) is 16.0. The van der Waals surface area contributed by atoms with Gasteiger partial charge in [-0.3, -0.25) is 0 Å². The Balaban J connectivity index is 2.15. The molecule has 0 saturated carbocycles. The van der Waals surface area contributed by atoms with E-state index < -0.39 is 5.97 Å². The van der Waals surface area contributed by atoms with Crippen LogP contribution >= 0.6 is 11.3 Å². The molecule has 0 aliphatic carbocycles. The van der Waals surface area contributed by atoms with Crippen molar-refractivity contribution in [3.8, 4) is 0 Å². The number of hydrogen-bond acceptors (Lipinski definition) is 4. The van der Waals surface area contributed by atoms with E-state index in [-0.39, 0.29) is 5.56 Å². The molecule has 3 aromatic heterocycles. The summed E-state index contributed by atoms with van der Waals surface area (Å²) in [6.07, 6.45) is 1.57. The lowest BCUT2D eigenvalue weighted by atomic mass is 10.1. The summed E-state index contributed by atoms with van der Waals surface area (Å²) in [7, 11) is 0. The quantitative estimate of drug-likeness (QED) is 0.796. The lowest BCUT2D eigenvalue weighted by Gasteiger charge is -2.03. The highest BCUT2D eigenvalue weighted by atomic mass is 32.1. The number of pyridine rings is 1. The fourth-order valence-corrected chi connectivity index (χ4v) is 2.70. The first-order valence-corrected chi connectivity index (χ1v) is 6.62. The summed E-state index contributed by atoms with van der Waals surface area (Å²) in [4.78, 5) is 16.8. The first-order valence-electron chi connectivity index (χ1n) is 5.74. The van der Waals surface area contributed by atoms with Crippen LogP contribution in [0.15, 0.2) is 29.8 Å². The Labute approximate surface area is 113 Å². The highest BCUT2D eigenvalue weighted by molar-refractivity contribution is 7.09. The maximum Gasteiger partial charge on any atom is 0.336 e. The van der Waals surface area contributed by atoms with Crippen molar-refractivity contribution in [2.75, 3.05) is 0 Å². The van der Waals surface area contributed by atoms with Crippen molar-refractivity contribution < 1.29 is 9.90 Å². The first kappa shape index (κ1) is 11.9. The molecule has 0 spiro atoms. The summed E-state index contributed by atoms with van der Waals surface area (Å²) in [5.74, 6) is -0.953. The molecule has 0 saturated heterocycles. The van der Waals surface area contributed by atoms with Gasteiger partial charge >= 0.3 is 5.97 Å². The molecule has 5 nitrogen and oxygen atoms in total. The van der Waals surface area contributed by atoms with Gasteiger partial charge in [-0.05, 0) is 24.4 Å². The number of carboxylic acid groups (broad SMARTS) is 1. The number of aromatic carboxylic acids is 1. The minimum atomic E-state index is -0.953. The number of hydrogen-bond donors (Lipinski definition) is 1. The van der Waals surface area contributed by atoms with Crippen LogP contribution in [0.3, 0.4) is 0 Å². The average Bonchev–Trinajstić information content (AvgIpc) is 2.99. The molecule has 1 N–H and O–H groups in total. The van der Waals surface area contributed by atoms with Crippen molar-refractivity contribution in [3.05, 3.63) is 45.9 Å². The second-order valence-corrected chi connectivity index (χ2v) is 5.27. The molecule has 0 amide bonds. The third-order valence-corrected chi connectivity index (χ3v) is 3.71. The molecule has 0 atom stereocenters. The SMILES string of the molecule is Cc1cc(C(=O)O)c2cnn(Cc3cccs3)c2n1. The van der Waals surface area contributed by atoms with Crippen LogP contribution in [0.1, 0.15) is 20.9 Å². The zero-order valence-corrected chi connectivity index (χ0v) is 11.0. The van der Waals surface area contributed by atoms with Gasteiger partial charge in [-0.15, -0.1) is 11.3 Å². The predicted octanol–water partition coefficient (Wildman–Crippen LogP) is 2.55. The topological polar surface area (TPSA) is 68.0 Å². The van der Waals surface area contributed by atoms with Crippen LogP contribution in [0.4, 0.5) is 0 Å². The zero-order valence-electron chi connectivity index (χ0n) is 10.2. The van der Waals surface area contributed by atoms with E-state index in [1.165, 1.54) is 0 Å². The molecule has 0 radical (unpaired) electrons. The van der Waals surface area contributed by atoms with Crippen molar-refractivity contribution in [2.24, 2.45) is 0 Å². The number of carboxylic acids is 1. The molecule has 19 heavy (non-hydrogen) atoms. The molecule has 0 bridgehead atoms. The van der Waals surface area contributed by atoms with Gasteiger partial charge in [0.05, 0.1) is 23.7 Å². The number of fused-ring (bicyclic) bond motifs is 1. The van der Waals surface area contributed by atoms with E-state index in [1.54, 1.807) is 35.2 Å². The standard InChI is InChI=1S/C13H11N3O2S/c1-8-5-10(13(17)18)11-6-14-16(12(11)15-8)7-9-3-2-4-19-9/h2-6H,7H2,1H3,(H,17,18). The predicted molar refractivity (Wildman–Crippen MR) is 72.6 cm³/mol. The molecular weight excluding hydrogens is 262 g/mol. The summed E-state index contributed by atoms with van der Waals surface area (Å²) >= 11 is 1.64. The van der Waals surface area contributed by atoms with Crippen molar-refractivity contribution in [3.63, 3.8) is 0 Å².